The van der Waals surface area contributed by atoms with Gasteiger partial charge >= 0.3 is 0 Å². The molecule has 0 saturated heterocycles. The van der Waals surface area contributed by atoms with E-state index in [4.69, 9.17) is 5.11 Å². The van der Waals surface area contributed by atoms with Crippen LogP contribution in [-0.4, -0.2) is 39.7 Å². The number of aryl methyl sites for hydroxylation is 1. The first-order valence-corrected chi connectivity index (χ1v) is 6.72. The van der Waals surface area contributed by atoms with Crippen molar-refractivity contribution in [1.82, 2.24) is 9.47 Å². The molecule has 1 aliphatic carbocycles. The predicted octanol–water partition coefficient (Wildman–Crippen LogP) is 0.762. The normalized spacial score (nSPS) is 15.1. The molecule has 0 atom stereocenters. The highest BCUT2D eigenvalue weighted by Gasteiger charge is 2.29. The standard InChI is InChI=1S/C14H20N2O3/c1-15-8-6-11(10-13(15)18)14(19)16(7-3-9-17)12-4-2-5-12/h6,8,10,12,17H,2-5,7,9H2,1H3. The molecule has 2 rings (SSSR count). The minimum atomic E-state index is -0.179. The Morgan fingerprint density at radius 1 is 1.53 bits per heavy atom. The molecule has 1 heterocycles. The molecule has 0 bridgehead atoms. The molecule has 0 radical (unpaired) electrons. The fraction of sp³-hybridized carbons (Fsp3) is 0.571. The molecule has 1 saturated carbocycles. The molecule has 104 valence electrons. The van der Waals surface area contributed by atoms with E-state index in [0.29, 0.717) is 18.5 Å². The van der Waals surface area contributed by atoms with Gasteiger partial charge in [0.25, 0.3) is 11.5 Å². The molecule has 1 amide bonds. The number of aliphatic hydroxyl groups is 1. The SMILES string of the molecule is Cn1ccc(C(=O)N(CCCO)C2CCC2)cc1=O. The van der Waals surface area contributed by atoms with E-state index in [9.17, 15) is 9.59 Å². The van der Waals surface area contributed by atoms with Gasteiger partial charge in [-0.1, -0.05) is 0 Å². The van der Waals surface area contributed by atoms with Gasteiger partial charge in [0.1, 0.15) is 0 Å². The van der Waals surface area contributed by atoms with Crippen LogP contribution in [0.2, 0.25) is 0 Å². The van der Waals surface area contributed by atoms with E-state index in [-0.39, 0.29) is 24.1 Å². The molecule has 1 N–H and O–H groups in total. The minimum Gasteiger partial charge on any atom is -0.396 e. The van der Waals surface area contributed by atoms with Crippen molar-refractivity contribution >= 4 is 5.91 Å². The summed E-state index contributed by atoms with van der Waals surface area (Å²) in [6.07, 6.45) is 5.36. The van der Waals surface area contributed by atoms with Crippen LogP contribution >= 0.6 is 0 Å². The number of rotatable bonds is 5. The Morgan fingerprint density at radius 3 is 2.79 bits per heavy atom. The number of pyridine rings is 1. The van der Waals surface area contributed by atoms with Crippen LogP contribution in [0.5, 0.6) is 0 Å². The quantitative estimate of drug-likeness (QED) is 0.854. The zero-order valence-electron chi connectivity index (χ0n) is 11.2. The van der Waals surface area contributed by atoms with Gasteiger partial charge in [-0.25, -0.2) is 0 Å². The molecule has 0 spiro atoms. The van der Waals surface area contributed by atoms with Gasteiger partial charge in [0, 0.05) is 44.1 Å². The van der Waals surface area contributed by atoms with Crippen LogP contribution in [0.3, 0.4) is 0 Å². The van der Waals surface area contributed by atoms with Crippen molar-refractivity contribution in [2.24, 2.45) is 7.05 Å². The lowest BCUT2D eigenvalue weighted by molar-refractivity contribution is 0.0562. The van der Waals surface area contributed by atoms with E-state index < -0.39 is 0 Å². The van der Waals surface area contributed by atoms with Gasteiger partial charge in [-0.3, -0.25) is 9.59 Å². The van der Waals surface area contributed by atoms with Crippen LogP contribution in [-0.2, 0) is 7.05 Å². The van der Waals surface area contributed by atoms with E-state index >= 15 is 0 Å². The molecule has 1 aliphatic rings. The van der Waals surface area contributed by atoms with Crippen molar-refractivity contribution in [2.75, 3.05) is 13.2 Å². The summed E-state index contributed by atoms with van der Waals surface area (Å²) in [4.78, 5) is 25.8. The number of carbonyl (C=O) groups is 1. The van der Waals surface area contributed by atoms with Crippen LogP contribution in [0.1, 0.15) is 36.0 Å². The van der Waals surface area contributed by atoms with Crippen LogP contribution < -0.4 is 5.56 Å². The highest BCUT2D eigenvalue weighted by atomic mass is 16.3. The Balaban J connectivity index is 2.17. The van der Waals surface area contributed by atoms with Crippen molar-refractivity contribution < 1.29 is 9.90 Å². The highest BCUT2D eigenvalue weighted by Crippen LogP contribution is 2.26. The Bertz CT molecular complexity index is 506. The Morgan fingerprint density at radius 2 is 2.26 bits per heavy atom. The predicted molar refractivity (Wildman–Crippen MR) is 72.1 cm³/mol. The first-order chi connectivity index (χ1) is 9.13. The molecule has 1 aromatic heterocycles. The van der Waals surface area contributed by atoms with Crippen molar-refractivity contribution in [3.8, 4) is 0 Å². The molecule has 1 fully saturated rings. The number of carbonyl (C=O) groups excluding carboxylic acids is 1. The summed E-state index contributed by atoms with van der Waals surface area (Å²) in [5.41, 5.74) is 0.259. The number of aromatic nitrogens is 1. The van der Waals surface area contributed by atoms with Gasteiger partial charge in [-0.15, -0.1) is 0 Å². The number of hydrogen-bond acceptors (Lipinski definition) is 3. The first kappa shape index (κ1) is 13.8. The van der Waals surface area contributed by atoms with Crippen LogP contribution in [0.15, 0.2) is 23.1 Å². The second-order valence-corrected chi connectivity index (χ2v) is 5.02. The monoisotopic (exact) mass is 264 g/mol. The number of aliphatic hydroxyl groups excluding tert-OH is 1. The smallest absolute Gasteiger partial charge is 0.254 e. The highest BCUT2D eigenvalue weighted by molar-refractivity contribution is 5.94. The van der Waals surface area contributed by atoms with Crippen LogP contribution in [0.4, 0.5) is 0 Å². The fourth-order valence-electron chi connectivity index (χ4n) is 2.24. The molecular weight excluding hydrogens is 244 g/mol. The lowest BCUT2D eigenvalue weighted by Gasteiger charge is -2.37. The second kappa shape index (κ2) is 6.02. The number of amides is 1. The van der Waals surface area contributed by atoms with E-state index in [2.05, 4.69) is 0 Å². The summed E-state index contributed by atoms with van der Waals surface area (Å²) >= 11 is 0. The van der Waals surface area contributed by atoms with E-state index in [1.807, 2.05) is 0 Å². The van der Waals surface area contributed by atoms with E-state index in [1.165, 1.54) is 10.6 Å². The molecule has 5 nitrogen and oxygen atoms in total. The summed E-state index contributed by atoms with van der Waals surface area (Å²) in [5, 5.41) is 8.93. The number of nitrogens with zero attached hydrogens (tertiary/aromatic N) is 2. The van der Waals surface area contributed by atoms with Gasteiger partial charge < -0.3 is 14.6 Å². The maximum absolute atomic E-state index is 12.4. The summed E-state index contributed by atoms with van der Waals surface area (Å²) in [7, 11) is 1.66. The third-order valence-corrected chi connectivity index (χ3v) is 3.68. The lowest BCUT2D eigenvalue weighted by atomic mass is 9.91. The third-order valence-electron chi connectivity index (χ3n) is 3.68. The van der Waals surface area contributed by atoms with E-state index in [1.54, 1.807) is 24.2 Å². The average molecular weight is 264 g/mol. The molecule has 1 aromatic rings. The Hall–Kier alpha value is -1.62. The third kappa shape index (κ3) is 3.04. The first-order valence-electron chi connectivity index (χ1n) is 6.72. The van der Waals surface area contributed by atoms with Gasteiger partial charge in [0.2, 0.25) is 0 Å². The van der Waals surface area contributed by atoms with Gasteiger partial charge in [-0.05, 0) is 31.7 Å². The molecule has 19 heavy (non-hydrogen) atoms. The molecule has 5 heteroatoms. The maximum Gasteiger partial charge on any atom is 0.254 e. The maximum atomic E-state index is 12.4. The molecule has 0 unspecified atom stereocenters. The number of hydrogen-bond donors (Lipinski definition) is 1. The largest absolute Gasteiger partial charge is 0.396 e. The fourth-order valence-corrected chi connectivity index (χ4v) is 2.24. The summed E-state index contributed by atoms with van der Waals surface area (Å²) in [6.45, 7) is 0.627. The summed E-state index contributed by atoms with van der Waals surface area (Å²) < 4.78 is 1.44. The van der Waals surface area contributed by atoms with Crippen LogP contribution in [0.25, 0.3) is 0 Å². The lowest BCUT2D eigenvalue weighted by Crippen LogP contribution is -2.45. The average Bonchev–Trinajstić information content (AvgIpc) is 2.34. The van der Waals surface area contributed by atoms with Crippen molar-refractivity contribution in [1.29, 1.82) is 0 Å². The zero-order valence-corrected chi connectivity index (χ0v) is 11.2. The Labute approximate surface area is 112 Å². The second-order valence-electron chi connectivity index (χ2n) is 5.02. The summed E-state index contributed by atoms with van der Waals surface area (Å²) in [5.74, 6) is -0.101. The van der Waals surface area contributed by atoms with Crippen LogP contribution in [0, 0.1) is 0 Å². The molecule has 0 aromatic carbocycles. The molecule has 0 aliphatic heterocycles. The topological polar surface area (TPSA) is 62.5 Å². The Kier molecular flexibility index (Phi) is 4.37. The van der Waals surface area contributed by atoms with Gasteiger partial charge in [0.15, 0.2) is 0 Å². The zero-order chi connectivity index (χ0) is 13.8. The van der Waals surface area contributed by atoms with Crippen molar-refractivity contribution in [2.45, 2.75) is 31.7 Å². The van der Waals surface area contributed by atoms with E-state index in [0.717, 1.165) is 19.3 Å². The summed E-state index contributed by atoms with van der Waals surface area (Å²) in [6, 6.07) is 3.32. The van der Waals surface area contributed by atoms with Gasteiger partial charge in [0.05, 0.1) is 0 Å². The van der Waals surface area contributed by atoms with Crippen molar-refractivity contribution in [3.63, 3.8) is 0 Å². The van der Waals surface area contributed by atoms with Crippen molar-refractivity contribution in [3.05, 3.63) is 34.2 Å². The minimum absolute atomic E-state index is 0.0764. The van der Waals surface area contributed by atoms with Gasteiger partial charge in [-0.2, -0.15) is 0 Å². The molecular formula is C14H20N2O3.